The van der Waals surface area contributed by atoms with Crippen molar-refractivity contribution in [1.29, 1.82) is 0 Å². The van der Waals surface area contributed by atoms with Crippen molar-refractivity contribution in [3.8, 4) is 0 Å². The third-order valence-corrected chi connectivity index (χ3v) is 4.61. The number of nitrogens with two attached hydrogens (primary N) is 1. The molecule has 1 saturated heterocycles. The Kier molecular flexibility index (Phi) is 3.65. The lowest BCUT2D eigenvalue weighted by Crippen LogP contribution is -2.24. The van der Waals surface area contributed by atoms with Crippen LogP contribution in [0.25, 0.3) is 5.52 Å². The van der Waals surface area contributed by atoms with E-state index in [0.29, 0.717) is 24.0 Å². The number of aromatic nitrogens is 2. The Hall–Kier alpha value is -2.93. The number of carbonyl (C=O) groups is 1. The van der Waals surface area contributed by atoms with Gasteiger partial charge in [0.25, 0.3) is 5.91 Å². The Morgan fingerprint density at radius 2 is 2.16 bits per heavy atom. The minimum atomic E-state index is -0.546. The lowest BCUT2D eigenvalue weighted by molar-refractivity contribution is 0.100. The fourth-order valence-corrected chi connectivity index (χ4v) is 3.47. The number of benzene rings is 1. The summed E-state index contributed by atoms with van der Waals surface area (Å²) in [7, 11) is 0. The maximum atomic E-state index is 13.6. The summed E-state index contributed by atoms with van der Waals surface area (Å²) in [6.07, 6.45) is 3.18. The van der Waals surface area contributed by atoms with Gasteiger partial charge in [0.2, 0.25) is 0 Å². The van der Waals surface area contributed by atoms with Crippen LogP contribution in [0.1, 0.15) is 28.4 Å². The van der Waals surface area contributed by atoms with Gasteiger partial charge in [-0.05, 0) is 36.2 Å². The summed E-state index contributed by atoms with van der Waals surface area (Å²) in [5.74, 6) is -0.851. The minimum Gasteiger partial charge on any atom is -0.391 e. The summed E-state index contributed by atoms with van der Waals surface area (Å²) < 4.78 is 15.2. The fraction of sp³-hybridized carbons (Fsp3) is 0.222. The summed E-state index contributed by atoms with van der Waals surface area (Å²) in [6.45, 7) is 0.428. The largest absolute Gasteiger partial charge is 0.391 e. The SMILES string of the molecule is NC(=O)c1cnn2ccc(N3C[C@H](O)C[C@@H]3c3cccc(F)c3)cc12. The van der Waals surface area contributed by atoms with E-state index in [-0.39, 0.29) is 11.9 Å². The Morgan fingerprint density at radius 3 is 2.92 bits per heavy atom. The molecule has 0 radical (unpaired) electrons. The molecule has 1 aromatic carbocycles. The van der Waals surface area contributed by atoms with Crippen LogP contribution in [0.15, 0.2) is 48.8 Å². The van der Waals surface area contributed by atoms with Crippen LogP contribution in [0.4, 0.5) is 10.1 Å². The van der Waals surface area contributed by atoms with Gasteiger partial charge in [-0.1, -0.05) is 12.1 Å². The summed E-state index contributed by atoms with van der Waals surface area (Å²) >= 11 is 0. The second-order valence-corrected chi connectivity index (χ2v) is 6.25. The maximum absolute atomic E-state index is 13.6. The number of fused-ring (bicyclic) bond motifs is 1. The standard InChI is InChI=1S/C18H17FN4O2/c19-12-3-1-2-11(6-12)16-8-14(24)10-22(16)13-4-5-23-17(7-13)15(9-21-23)18(20)25/h1-7,9,14,16,24H,8,10H2,(H2,20,25)/t14-,16-/m1/s1. The summed E-state index contributed by atoms with van der Waals surface area (Å²) in [4.78, 5) is 13.6. The molecule has 1 amide bonds. The first-order chi connectivity index (χ1) is 12.0. The number of halogens is 1. The topological polar surface area (TPSA) is 83.9 Å². The number of pyridine rings is 1. The van der Waals surface area contributed by atoms with Gasteiger partial charge in [-0.15, -0.1) is 0 Å². The van der Waals surface area contributed by atoms with E-state index in [0.717, 1.165) is 11.3 Å². The number of nitrogens with zero attached hydrogens (tertiary/aromatic N) is 3. The number of aliphatic hydroxyl groups is 1. The highest BCUT2D eigenvalue weighted by atomic mass is 19.1. The molecule has 1 aliphatic heterocycles. The van der Waals surface area contributed by atoms with Crippen molar-refractivity contribution in [1.82, 2.24) is 9.61 Å². The first-order valence-electron chi connectivity index (χ1n) is 8.00. The molecule has 7 heteroatoms. The zero-order valence-electron chi connectivity index (χ0n) is 13.3. The number of rotatable bonds is 3. The minimum absolute atomic E-state index is 0.145. The van der Waals surface area contributed by atoms with Crippen LogP contribution in [0.5, 0.6) is 0 Å². The zero-order chi connectivity index (χ0) is 17.6. The molecule has 6 nitrogen and oxygen atoms in total. The smallest absolute Gasteiger partial charge is 0.252 e. The van der Waals surface area contributed by atoms with Crippen LogP contribution < -0.4 is 10.6 Å². The van der Waals surface area contributed by atoms with Gasteiger partial charge in [0.1, 0.15) is 5.82 Å². The molecule has 2 aromatic heterocycles. The molecule has 3 N–H and O–H groups in total. The van der Waals surface area contributed by atoms with Gasteiger partial charge in [-0.3, -0.25) is 4.79 Å². The van der Waals surface area contributed by atoms with Gasteiger partial charge in [-0.25, -0.2) is 8.91 Å². The van der Waals surface area contributed by atoms with E-state index in [9.17, 15) is 14.3 Å². The van der Waals surface area contributed by atoms with Crippen molar-refractivity contribution in [2.24, 2.45) is 5.73 Å². The van der Waals surface area contributed by atoms with E-state index in [4.69, 9.17) is 5.73 Å². The van der Waals surface area contributed by atoms with E-state index in [1.807, 2.05) is 23.1 Å². The van der Waals surface area contributed by atoms with Crippen LogP contribution in [-0.2, 0) is 0 Å². The molecule has 0 aliphatic carbocycles. The fourth-order valence-electron chi connectivity index (χ4n) is 3.47. The number of carbonyl (C=O) groups excluding carboxylic acids is 1. The van der Waals surface area contributed by atoms with Crippen molar-refractivity contribution in [3.63, 3.8) is 0 Å². The van der Waals surface area contributed by atoms with Gasteiger partial charge >= 0.3 is 0 Å². The second kappa shape index (κ2) is 5.86. The second-order valence-electron chi connectivity index (χ2n) is 6.25. The highest BCUT2D eigenvalue weighted by Gasteiger charge is 2.32. The molecule has 0 saturated carbocycles. The lowest BCUT2D eigenvalue weighted by Gasteiger charge is -2.27. The van der Waals surface area contributed by atoms with Crippen molar-refractivity contribution < 1.29 is 14.3 Å². The summed E-state index contributed by atoms with van der Waals surface area (Å²) in [5.41, 5.74) is 7.96. The molecule has 0 spiro atoms. The van der Waals surface area contributed by atoms with Crippen molar-refractivity contribution in [3.05, 3.63) is 65.7 Å². The highest BCUT2D eigenvalue weighted by molar-refractivity contribution is 5.99. The third-order valence-electron chi connectivity index (χ3n) is 4.61. The quantitative estimate of drug-likeness (QED) is 0.763. The van der Waals surface area contributed by atoms with E-state index in [2.05, 4.69) is 5.10 Å². The van der Waals surface area contributed by atoms with E-state index >= 15 is 0 Å². The van der Waals surface area contributed by atoms with Gasteiger partial charge in [0, 0.05) is 18.4 Å². The first kappa shape index (κ1) is 15.6. The predicted octanol–water partition coefficient (Wildman–Crippen LogP) is 1.88. The molecule has 0 bridgehead atoms. The van der Waals surface area contributed by atoms with Crippen molar-refractivity contribution >= 4 is 17.1 Å². The molecule has 2 atom stereocenters. The van der Waals surface area contributed by atoms with Gasteiger partial charge in [0.05, 0.1) is 29.4 Å². The van der Waals surface area contributed by atoms with Gasteiger partial charge in [0.15, 0.2) is 0 Å². The molecule has 25 heavy (non-hydrogen) atoms. The monoisotopic (exact) mass is 340 g/mol. The number of aliphatic hydroxyl groups excluding tert-OH is 1. The van der Waals surface area contributed by atoms with E-state index in [1.165, 1.54) is 18.3 Å². The molecule has 3 aromatic rings. The maximum Gasteiger partial charge on any atom is 0.252 e. The number of hydrogen-bond acceptors (Lipinski definition) is 4. The van der Waals surface area contributed by atoms with Crippen LogP contribution in [0, 0.1) is 5.82 Å². The third kappa shape index (κ3) is 2.72. The molecular weight excluding hydrogens is 323 g/mol. The van der Waals surface area contributed by atoms with Crippen LogP contribution >= 0.6 is 0 Å². The molecule has 1 fully saturated rings. The Balaban J connectivity index is 1.77. The predicted molar refractivity (Wildman–Crippen MR) is 90.8 cm³/mol. The van der Waals surface area contributed by atoms with Crippen LogP contribution in [0.2, 0.25) is 0 Å². The number of amides is 1. The van der Waals surface area contributed by atoms with E-state index in [1.54, 1.807) is 16.8 Å². The molecule has 0 unspecified atom stereocenters. The number of hydrogen-bond donors (Lipinski definition) is 2. The molecule has 1 aliphatic rings. The average Bonchev–Trinajstić information content (AvgIpc) is 3.17. The molecule has 4 rings (SSSR count). The lowest BCUT2D eigenvalue weighted by atomic mass is 10.0. The summed E-state index contributed by atoms with van der Waals surface area (Å²) in [6, 6.07) is 9.93. The highest BCUT2D eigenvalue weighted by Crippen LogP contribution is 2.37. The summed E-state index contributed by atoms with van der Waals surface area (Å²) in [5, 5.41) is 14.3. The Labute approximate surface area is 143 Å². The molecular formula is C18H17FN4O2. The Morgan fingerprint density at radius 1 is 1.32 bits per heavy atom. The van der Waals surface area contributed by atoms with Crippen LogP contribution in [-0.4, -0.2) is 33.3 Å². The zero-order valence-corrected chi connectivity index (χ0v) is 13.3. The molecule has 3 heterocycles. The normalized spacial score (nSPS) is 20.3. The van der Waals surface area contributed by atoms with E-state index < -0.39 is 12.0 Å². The van der Waals surface area contributed by atoms with Crippen molar-refractivity contribution in [2.75, 3.05) is 11.4 Å². The number of β-amino-alcohol motifs (C(OH)–C–C–N with tert-alkyl or cyclic N) is 1. The molecule has 128 valence electrons. The first-order valence-corrected chi connectivity index (χ1v) is 8.00. The Bertz CT molecular complexity index is 955. The van der Waals surface area contributed by atoms with Crippen LogP contribution in [0.3, 0.4) is 0 Å². The number of anilines is 1. The number of primary amides is 1. The van der Waals surface area contributed by atoms with Crippen molar-refractivity contribution in [2.45, 2.75) is 18.6 Å². The average molecular weight is 340 g/mol. The van der Waals surface area contributed by atoms with Gasteiger partial charge < -0.3 is 15.7 Å². The van der Waals surface area contributed by atoms with Gasteiger partial charge in [-0.2, -0.15) is 5.10 Å².